The predicted octanol–water partition coefficient (Wildman–Crippen LogP) is 3.26. The van der Waals surface area contributed by atoms with Gasteiger partial charge in [0, 0.05) is 18.7 Å². The number of nitrogens with one attached hydrogen (secondary N) is 1. The molecule has 6 nitrogen and oxygen atoms in total. The summed E-state index contributed by atoms with van der Waals surface area (Å²) < 4.78 is 10.5. The first-order valence-electron chi connectivity index (χ1n) is 8.37. The number of amides is 2. The number of carbonyl (C=O) groups is 2. The van der Waals surface area contributed by atoms with Crippen LogP contribution in [0.15, 0.2) is 42.5 Å². The van der Waals surface area contributed by atoms with Crippen molar-refractivity contribution < 1.29 is 19.1 Å². The summed E-state index contributed by atoms with van der Waals surface area (Å²) in [6.45, 7) is 3.36. The molecule has 0 radical (unpaired) electrons. The van der Waals surface area contributed by atoms with E-state index in [2.05, 4.69) is 12.2 Å². The van der Waals surface area contributed by atoms with E-state index in [1.165, 1.54) is 24.5 Å². The number of rotatable bonds is 7. The minimum Gasteiger partial charge on any atom is -0.497 e. The summed E-state index contributed by atoms with van der Waals surface area (Å²) in [6, 6.07) is 12.7. The fraction of sp³-hybridized carbons (Fsp3) is 0.300. The zero-order chi connectivity index (χ0) is 19.1. The van der Waals surface area contributed by atoms with Gasteiger partial charge in [-0.1, -0.05) is 19.1 Å². The topological polar surface area (TPSA) is 67.9 Å². The average Bonchev–Trinajstić information content (AvgIpc) is 2.66. The summed E-state index contributed by atoms with van der Waals surface area (Å²) in [5.41, 5.74) is 2.39. The molecule has 0 fully saturated rings. The molecule has 2 aromatic carbocycles. The molecule has 0 aliphatic carbocycles. The lowest BCUT2D eigenvalue weighted by atomic mass is 10.1. The van der Waals surface area contributed by atoms with Gasteiger partial charge in [-0.05, 0) is 36.2 Å². The lowest BCUT2D eigenvalue weighted by Crippen LogP contribution is -2.36. The van der Waals surface area contributed by atoms with Crippen LogP contribution in [0.2, 0.25) is 0 Å². The number of anilines is 2. The maximum atomic E-state index is 12.4. The highest BCUT2D eigenvalue weighted by atomic mass is 16.5. The molecule has 0 atom stereocenters. The minimum absolute atomic E-state index is 0.118. The van der Waals surface area contributed by atoms with Gasteiger partial charge in [0.1, 0.15) is 18.0 Å². The Morgan fingerprint density at radius 3 is 2.27 bits per heavy atom. The first-order valence-corrected chi connectivity index (χ1v) is 8.37. The molecule has 0 spiro atoms. The maximum absolute atomic E-state index is 12.4. The number of nitrogens with zero attached hydrogens (tertiary/aromatic N) is 1. The number of benzene rings is 2. The Hall–Kier alpha value is -3.02. The summed E-state index contributed by atoms with van der Waals surface area (Å²) in [5.74, 6) is 0.515. The van der Waals surface area contributed by atoms with Crippen LogP contribution in [-0.4, -0.2) is 32.6 Å². The Balaban J connectivity index is 2.17. The molecule has 0 unspecified atom stereocenters. The van der Waals surface area contributed by atoms with Crippen LogP contribution in [0, 0.1) is 0 Å². The Bertz CT molecular complexity index is 772. The lowest BCUT2D eigenvalue weighted by Gasteiger charge is -2.23. The molecule has 6 heteroatoms. The fourth-order valence-corrected chi connectivity index (χ4v) is 2.54. The van der Waals surface area contributed by atoms with E-state index in [1.807, 2.05) is 24.3 Å². The van der Waals surface area contributed by atoms with Crippen LogP contribution in [0.1, 0.15) is 19.4 Å². The first kappa shape index (κ1) is 19.3. The van der Waals surface area contributed by atoms with Gasteiger partial charge in [0.15, 0.2) is 0 Å². The summed E-state index contributed by atoms with van der Waals surface area (Å²) >= 11 is 0. The summed E-state index contributed by atoms with van der Waals surface area (Å²) in [7, 11) is 3.06. The highest BCUT2D eigenvalue weighted by Gasteiger charge is 2.20. The number of carbonyl (C=O) groups excluding carboxylic acids is 2. The van der Waals surface area contributed by atoms with E-state index in [1.54, 1.807) is 25.3 Å². The van der Waals surface area contributed by atoms with Gasteiger partial charge in [-0.15, -0.1) is 0 Å². The molecule has 26 heavy (non-hydrogen) atoms. The second-order valence-electron chi connectivity index (χ2n) is 5.74. The highest BCUT2D eigenvalue weighted by Crippen LogP contribution is 2.32. The molecule has 0 saturated heterocycles. The third-order valence-corrected chi connectivity index (χ3v) is 4.01. The van der Waals surface area contributed by atoms with Crippen molar-refractivity contribution in [2.75, 3.05) is 31.0 Å². The van der Waals surface area contributed by atoms with Crippen molar-refractivity contribution in [1.29, 1.82) is 0 Å². The number of methoxy groups -OCH3 is 2. The van der Waals surface area contributed by atoms with E-state index in [4.69, 9.17) is 9.47 Å². The number of ether oxygens (including phenoxy) is 2. The van der Waals surface area contributed by atoms with Crippen molar-refractivity contribution in [1.82, 2.24) is 0 Å². The summed E-state index contributed by atoms with van der Waals surface area (Å²) in [5, 5.41) is 2.81. The largest absolute Gasteiger partial charge is 0.497 e. The monoisotopic (exact) mass is 356 g/mol. The van der Waals surface area contributed by atoms with Crippen molar-refractivity contribution in [2.45, 2.75) is 20.3 Å². The van der Waals surface area contributed by atoms with Gasteiger partial charge >= 0.3 is 0 Å². The molecule has 138 valence electrons. The Morgan fingerprint density at radius 2 is 1.73 bits per heavy atom. The molecule has 2 aromatic rings. The van der Waals surface area contributed by atoms with Crippen LogP contribution in [0.3, 0.4) is 0 Å². The van der Waals surface area contributed by atoms with Crippen LogP contribution in [0.5, 0.6) is 11.5 Å². The number of aryl methyl sites for hydroxylation is 1. The van der Waals surface area contributed by atoms with Gasteiger partial charge in [-0.25, -0.2) is 0 Å². The van der Waals surface area contributed by atoms with Gasteiger partial charge in [0.25, 0.3) is 0 Å². The highest BCUT2D eigenvalue weighted by molar-refractivity contribution is 6.02. The second kappa shape index (κ2) is 8.89. The standard InChI is InChI=1S/C20H24N2O4/c1-5-15-6-8-16(9-7-15)21-20(24)13-22(14(2)23)18-11-10-17(25-3)12-19(18)26-4/h6-12H,5,13H2,1-4H3,(H,21,24). The SMILES string of the molecule is CCc1ccc(NC(=O)CN(C(C)=O)c2ccc(OC)cc2OC)cc1. The number of hydrogen-bond acceptors (Lipinski definition) is 4. The predicted molar refractivity (Wildman–Crippen MR) is 102 cm³/mol. The molecule has 0 aliphatic rings. The Kier molecular flexibility index (Phi) is 6.60. The van der Waals surface area contributed by atoms with Crippen molar-refractivity contribution in [3.63, 3.8) is 0 Å². The van der Waals surface area contributed by atoms with E-state index in [-0.39, 0.29) is 18.4 Å². The van der Waals surface area contributed by atoms with Gasteiger partial charge in [0.2, 0.25) is 11.8 Å². The van der Waals surface area contributed by atoms with Gasteiger partial charge in [-0.2, -0.15) is 0 Å². The molecule has 2 amide bonds. The molecular formula is C20H24N2O4. The molecule has 2 rings (SSSR count). The molecule has 0 aliphatic heterocycles. The zero-order valence-corrected chi connectivity index (χ0v) is 15.5. The van der Waals surface area contributed by atoms with E-state index in [9.17, 15) is 9.59 Å². The van der Waals surface area contributed by atoms with E-state index >= 15 is 0 Å². The average molecular weight is 356 g/mol. The van der Waals surface area contributed by atoms with Crippen molar-refractivity contribution >= 4 is 23.2 Å². The third kappa shape index (κ3) is 4.75. The van der Waals surface area contributed by atoms with Crippen LogP contribution < -0.4 is 19.7 Å². The minimum atomic E-state index is -0.290. The van der Waals surface area contributed by atoms with Crippen LogP contribution in [-0.2, 0) is 16.0 Å². The van der Waals surface area contributed by atoms with Gasteiger partial charge < -0.3 is 14.8 Å². The summed E-state index contributed by atoms with van der Waals surface area (Å²) in [6.07, 6.45) is 0.934. The van der Waals surface area contributed by atoms with Crippen molar-refractivity contribution in [3.8, 4) is 11.5 Å². The Labute approximate surface area is 153 Å². The van der Waals surface area contributed by atoms with Crippen LogP contribution >= 0.6 is 0 Å². The molecule has 0 heterocycles. The van der Waals surface area contributed by atoms with Crippen LogP contribution in [0.4, 0.5) is 11.4 Å². The third-order valence-electron chi connectivity index (χ3n) is 4.01. The molecular weight excluding hydrogens is 332 g/mol. The quantitative estimate of drug-likeness (QED) is 0.827. The van der Waals surface area contributed by atoms with Crippen LogP contribution in [0.25, 0.3) is 0 Å². The van der Waals surface area contributed by atoms with Gasteiger partial charge in [-0.3, -0.25) is 14.5 Å². The second-order valence-corrected chi connectivity index (χ2v) is 5.74. The van der Waals surface area contributed by atoms with Crippen molar-refractivity contribution in [2.24, 2.45) is 0 Å². The normalized spacial score (nSPS) is 10.2. The number of hydrogen-bond donors (Lipinski definition) is 1. The molecule has 1 N–H and O–H groups in total. The molecule has 0 saturated carbocycles. The maximum Gasteiger partial charge on any atom is 0.244 e. The zero-order valence-electron chi connectivity index (χ0n) is 15.5. The smallest absolute Gasteiger partial charge is 0.244 e. The van der Waals surface area contributed by atoms with E-state index in [0.717, 1.165) is 6.42 Å². The van der Waals surface area contributed by atoms with Crippen molar-refractivity contribution in [3.05, 3.63) is 48.0 Å². The molecule has 0 bridgehead atoms. The lowest BCUT2D eigenvalue weighted by molar-refractivity contribution is -0.120. The summed E-state index contributed by atoms with van der Waals surface area (Å²) in [4.78, 5) is 25.9. The molecule has 0 aromatic heterocycles. The van der Waals surface area contributed by atoms with E-state index in [0.29, 0.717) is 22.9 Å². The van der Waals surface area contributed by atoms with E-state index < -0.39 is 0 Å². The van der Waals surface area contributed by atoms with Gasteiger partial charge in [0.05, 0.1) is 19.9 Å². The fourth-order valence-electron chi connectivity index (χ4n) is 2.54. The Morgan fingerprint density at radius 1 is 1.04 bits per heavy atom. The first-order chi connectivity index (χ1) is 12.5.